The molecule has 0 saturated carbocycles. The van der Waals surface area contributed by atoms with Crippen molar-refractivity contribution < 1.29 is 23.8 Å². The first-order valence-electron chi connectivity index (χ1n) is 9.50. The number of nitrogen functional groups attached to an aromatic ring is 1. The molecule has 0 saturated heterocycles. The van der Waals surface area contributed by atoms with Gasteiger partial charge < -0.3 is 25.3 Å². The van der Waals surface area contributed by atoms with Gasteiger partial charge in [-0.25, -0.2) is 9.78 Å². The van der Waals surface area contributed by atoms with E-state index in [1.54, 1.807) is 31.5 Å². The lowest BCUT2D eigenvalue weighted by molar-refractivity contribution is -0.127. The van der Waals surface area contributed by atoms with E-state index < -0.39 is 6.09 Å². The zero-order valence-electron chi connectivity index (χ0n) is 17.6. The van der Waals surface area contributed by atoms with E-state index >= 15 is 0 Å². The predicted molar refractivity (Wildman–Crippen MR) is 119 cm³/mol. The average molecular weight is 433 g/mol. The number of carbonyl (C=O) groups is 2. The molecule has 2 rings (SSSR count). The number of nitrogens with two attached hydrogens (primary N) is 1. The summed E-state index contributed by atoms with van der Waals surface area (Å²) in [6, 6.07) is 8.94. The topological polar surface area (TPSA) is 113 Å². The van der Waals surface area contributed by atoms with E-state index in [9.17, 15) is 9.59 Å². The van der Waals surface area contributed by atoms with Crippen LogP contribution < -0.4 is 11.1 Å². The predicted octanol–water partition coefficient (Wildman–Crippen LogP) is 2.17. The minimum atomic E-state index is -0.596. The number of hydrogen-bond donors (Lipinski definition) is 2. The maximum Gasteiger partial charge on any atom is 0.408 e. The Hall–Kier alpha value is -4.43. The van der Waals surface area contributed by atoms with Crippen molar-refractivity contribution in [2.45, 2.75) is 13.0 Å². The van der Waals surface area contributed by atoms with E-state index in [1.165, 1.54) is 0 Å². The molecule has 0 spiro atoms. The van der Waals surface area contributed by atoms with Crippen LogP contribution in [0.3, 0.4) is 0 Å². The standard InChI is InChI=1S/C24H23N3O5/c1-18(30-2)11-22-13-19(5-3-9-31-17-28)12-20(14-22)6-4-10-32-24(29)27-16-21-7-8-26-23(25)15-21/h7-8,12-15,17H,1,9-11,16H2,2H3,(H2,25,26)(H,27,29). The van der Waals surface area contributed by atoms with E-state index in [4.69, 9.17) is 15.2 Å². The highest BCUT2D eigenvalue weighted by Crippen LogP contribution is 2.13. The smallest absolute Gasteiger partial charge is 0.408 e. The number of rotatable bonds is 8. The van der Waals surface area contributed by atoms with Gasteiger partial charge in [0, 0.05) is 30.3 Å². The Morgan fingerprint density at radius 1 is 1.16 bits per heavy atom. The van der Waals surface area contributed by atoms with E-state index in [-0.39, 0.29) is 19.8 Å². The number of hydrogen-bond acceptors (Lipinski definition) is 7. The second-order valence-corrected chi connectivity index (χ2v) is 6.37. The number of anilines is 1. The van der Waals surface area contributed by atoms with Gasteiger partial charge in [-0.2, -0.15) is 0 Å². The second-order valence-electron chi connectivity index (χ2n) is 6.37. The number of carbonyl (C=O) groups excluding carboxylic acids is 2. The van der Waals surface area contributed by atoms with Crippen LogP contribution in [0.5, 0.6) is 0 Å². The number of nitrogens with zero attached hydrogens (tertiary/aromatic N) is 1. The largest absolute Gasteiger partial charge is 0.501 e. The van der Waals surface area contributed by atoms with Crippen LogP contribution in [-0.2, 0) is 32.0 Å². The van der Waals surface area contributed by atoms with Crippen LogP contribution in [0.2, 0.25) is 0 Å². The van der Waals surface area contributed by atoms with E-state index in [2.05, 4.69) is 45.3 Å². The van der Waals surface area contributed by atoms with Crippen molar-refractivity contribution in [2.24, 2.45) is 0 Å². The summed E-state index contributed by atoms with van der Waals surface area (Å²) in [7, 11) is 1.55. The minimum Gasteiger partial charge on any atom is -0.501 e. The molecule has 0 aliphatic carbocycles. The van der Waals surface area contributed by atoms with Crippen LogP contribution in [-0.4, -0.2) is 37.9 Å². The van der Waals surface area contributed by atoms with Crippen molar-refractivity contribution in [2.75, 3.05) is 26.1 Å². The summed E-state index contributed by atoms with van der Waals surface area (Å²) in [6.07, 6.45) is 1.46. The number of methoxy groups -OCH3 is 1. The summed E-state index contributed by atoms with van der Waals surface area (Å²) < 4.78 is 14.8. The molecular weight excluding hydrogens is 410 g/mol. The first-order chi connectivity index (χ1) is 15.5. The highest BCUT2D eigenvalue weighted by molar-refractivity contribution is 5.67. The molecule has 3 N–H and O–H groups in total. The van der Waals surface area contributed by atoms with Crippen LogP contribution in [0.15, 0.2) is 48.9 Å². The molecule has 1 amide bonds. The van der Waals surface area contributed by atoms with Gasteiger partial charge in [-0.1, -0.05) is 30.3 Å². The molecule has 32 heavy (non-hydrogen) atoms. The fourth-order valence-corrected chi connectivity index (χ4v) is 2.52. The molecule has 0 fully saturated rings. The van der Waals surface area contributed by atoms with Gasteiger partial charge in [0.25, 0.3) is 6.47 Å². The number of alkyl carbamates (subject to hydrolysis) is 1. The summed E-state index contributed by atoms with van der Waals surface area (Å²) >= 11 is 0. The Labute approximate surface area is 186 Å². The number of allylic oxidation sites excluding steroid dienone is 1. The van der Waals surface area contributed by atoms with Crippen molar-refractivity contribution in [3.05, 3.63) is 71.1 Å². The fraction of sp³-hybridized carbons (Fsp3) is 0.208. The van der Waals surface area contributed by atoms with Crippen LogP contribution in [0.4, 0.5) is 10.6 Å². The van der Waals surface area contributed by atoms with Crippen LogP contribution in [0.1, 0.15) is 22.3 Å². The van der Waals surface area contributed by atoms with Crippen LogP contribution >= 0.6 is 0 Å². The Bertz CT molecular complexity index is 1090. The molecule has 2 aromatic rings. The van der Waals surface area contributed by atoms with Crippen LogP contribution in [0, 0.1) is 23.7 Å². The van der Waals surface area contributed by atoms with Gasteiger partial charge in [0.15, 0.2) is 13.2 Å². The monoisotopic (exact) mass is 433 g/mol. The Morgan fingerprint density at radius 3 is 2.53 bits per heavy atom. The maximum atomic E-state index is 11.8. The van der Waals surface area contributed by atoms with Gasteiger partial charge in [0.1, 0.15) is 5.82 Å². The highest BCUT2D eigenvalue weighted by atomic mass is 16.5. The molecule has 1 aromatic carbocycles. The number of pyridine rings is 1. The van der Waals surface area contributed by atoms with E-state index in [1.807, 2.05) is 12.1 Å². The third-order valence-electron chi connectivity index (χ3n) is 3.93. The van der Waals surface area contributed by atoms with Crippen molar-refractivity contribution in [3.63, 3.8) is 0 Å². The summed E-state index contributed by atoms with van der Waals surface area (Å²) in [5, 5.41) is 2.61. The number of amides is 1. The summed E-state index contributed by atoms with van der Waals surface area (Å²) in [4.78, 5) is 25.9. The SMILES string of the molecule is C=C(Cc1cc(C#CCOC=O)cc(C#CCOC(=O)NCc2ccnc(N)c2)c1)OC. The number of aromatic nitrogens is 1. The highest BCUT2D eigenvalue weighted by Gasteiger charge is 2.03. The zero-order valence-corrected chi connectivity index (χ0v) is 17.6. The molecule has 1 heterocycles. The number of ether oxygens (including phenoxy) is 3. The fourth-order valence-electron chi connectivity index (χ4n) is 2.52. The van der Waals surface area contributed by atoms with Gasteiger partial charge in [-0.05, 0) is 41.5 Å². The third-order valence-corrected chi connectivity index (χ3v) is 3.93. The quantitative estimate of drug-likeness (QED) is 0.284. The lowest BCUT2D eigenvalue weighted by Gasteiger charge is -2.06. The molecule has 0 radical (unpaired) electrons. The van der Waals surface area contributed by atoms with Gasteiger partial charge >= 0.3 is 6.09 Å². The van der Waals surface area contributed by atoms with E-state index in [0.717, 1.165) is 11.1 Å². The molecule has 1 aromatic heterocycles. The number of nitrogens with one attached hydrogen (secondary N) is 1. The van der Waals surface area contributed by atoms with Crippen molar-refractivity contribution in [1.82, 2.24) is 10.3 Å². The van der Waals surface area contributed by atoms with Crippen LogP contribution in [0.25, 0.3) is 0 Å². The first-order valence-corrected chi connectivity index (χ1v) is 9.50. The molecule has 0 unspecified atom stereocenters. The Kier molecular flexibility index (Phi) is 9.68. The molecule has 0 aliphatic rings. The van der Waals surface area contributed by atoms with Gasteiger partial charge in [-0.3, -0.25) is 4.79 Å². The molecule has 0 aliphatic heterocycles. The summed E-state index contributed by atoms with van der Waals surface area (Å²) in [5.41, 5.74) is 8.69. The molecule has 0 atom stereocenters. The minimum absolute atomic E-state index is 0.00540. The summed E-state index contributed by atoms with van der Waals surface area (Å²) in [6.45, 7) is 4.33. The first kappa shape index (κ1) is 23.8. The normalized spacial score (nSPS) is 9.28. The van der Waals surface area contributed by atoms with E-state index in [0.29, 0.717) is 35.6 Å². The van der Waals surface area contributed by atoms with Crippen molar-refractivity contribution in [3.8, 4) is 23.7 Å². The Balaban J connectivity index is 1.98. The van der Waals surface area contributed by atoms with Crippen molar-refractivity contribution >= 4 is 18.4 Å². The van der Waals surface area contributed by atoms with Gasteiger partial charge in [0.05, 0.1) is 12.9 Å². The molecule has 8 nitrogen and oxygen atoms in total. The molecular formula is C24H23N3O5. The molecule has 0 bridgehead atoms. The zero-order chi connectivity index (χ0) is 23.2. The van der Waals surface area contributed by atoms with Gasteiger partial charge in [0.2, 0.25) is 0 Å². The second kappa shape index (κ2) is 13.0. The molecule has 164 valence electrons. The molecule has 8 heteroatoms. The third kappa shape index (κ3) is 8.93. The lowest BCUT2D eigenvalue weighted by atomic mass is 10.0. The van der Waals surface area contributed by atoms with Crippen molar-refractivity contribution in [1.29, 1.82) is 0 Å². The maximum absolute atomic E-state index is 11.8. The number of benzene rings is 1. The Morgan fingerprint density at radius 2 is 1.88 bits per heavy atom. The average Bonchev–Trinajstić information content (AvgIpc) is 2.78. The van der Waals surface area contributed by atoms with Gasteiger partial charge in [-0.15, -0.1) is 0 Å². The lowest BCUT2D eigenvalue weighted by Crippen LogP contribution is -2.23. The summed E-state index contributed by atoms with van der Waals surface area (Å²) in [5.74, 6) is 12.4.